The van der Waals surface area contributed by atoms with Gasteiger partial charge in [-0.2, -0.15) is 0 Å². The number of amides is 4. The molecule has 2 aromatic heterocycles. The molecule has 0 spiro atoms. The molecule has 7 heterocycles. The lowest BCUT2D eigenvalue weighted by Crippen LogP contribution is -2.52. The molecule has 4 saturated heterocycles. The van der Waals surface area contributed by atoms with Gasteiger partial charge in [-0.15, -0.1) is 0 Å². The SMILES string of the molecule is CN1CCC[C@@H]1c1cc2cnc(NC(=O)c3ccc(N4CCC(CN5CCN(c6cccc7c6CN(C6CCC(=O)NC6=O)C7=O)CC5)CC4)cc3)cc2[nH]1. The van der Waals surface area contributed by atoms with Crippen LogP contribution in [0.15, 0.2) is 60.8 Å². The molecule has 0 aliphatic carbocycles. The van der Waals surface area contributed by atoms with Crippen molar-refractivity contribution in [1.82, 2.24) is 30.0 Å². The average Bonchev–Trinajstić information content (AvgIpc) is 3.92. The highest BCUT2D eigenvalue weighted by molar-refractivity contribution is 6.06. The number of fused-ring (bicyclic) bond motifs is 2. The van der Waals surface area contributed by atoms with E-state index in [9.17, 15) is 19.2 Å². The lowest BCUT2D eigenvalue weighted by molar-refractivity contribution is -0.136. The summed E-state index contributed by atoms with van der Waals surface area (Å²) in [6.07, 6.45) is 7.05. The zero-order chi connectivity index (χ0) is 37.6. The number of hydrogen-bond donors (Lipinski definition) is 3. The molecule has 4 fully saturated rings. The maximum Gasteiger partial charge on any atom is 0.256 e. The van der Waals surface area contributed by atoms with E-state index in [1.54, 1.807) is 4.90 Å². The van der Waals surface area contributed by atoms with Crippen molar-refractivity contribution in [3.05, 3.63) is 83.2 Å². The van der Waals surface area contributed by atoms with Gasteiger partial charge in [0.2, 0.25) is 11.8 Å². The fraction of sp³-hybridized carbons (Fsp3) is 0.452. The Hall–Kier alpha value is -5.27. The molecule has 9 rings (SSSR count). The number of anilines is 3. The molecule has 3 N–H and O–H groups in total. The Morgan fingerprint density at radius 1 is 0.873 bits per heavy atom. The molecule has 13 nitrogen and oxygen atoms in total. The van der Waals surface area contributed by atoms with Crippen LogP contribution in [0.1, 0.15) is 76.5 Å². The number of nitrogens with zero attached hydrogens (tertiary/aromatic N) is 6. The molecule has 286 valence electrons. The van der Waals surface area contributed by atoms with Gasteiger partial charge in [0.05, 0.1) is 5.52 Å². The monoisotopic (exact) mass is 743 g/mol. The van der Waals surface area contributed by atoms with Gasteiger partial charge >= 0.3 is 0 Å². The summed E-state index contributed by atoms with van der Waals surface area (Å²) >= 11 is 0. The van der Waals surface area contributed by atoms with Crippen LogP contribution in [0, 0.1) is 5.92 Å². The molecule has 4 amide bonds. The van der Waals surface area contributed by atoms with E-state index in [1.807, 2.05) is 36.5 Å². The second kappa shape index (κ2) is 14.8. The van der Waals surface area contributed by atoms with Gasteiger partial charge in [-0.1, -0.05) is 6.07 Å². The number of nitrogens with one attached hydrogen (secondary N) is 3. The summed E-state index contributed by atoms with van der Waals surface area (Å²) in [6, 6.07) is 17.7. The summed E-state index contributed by atoms with van der Waals surface area (Å²) in [5, 5.41) is 6.43. The maximum absolute atomic E-state index is 13.3. The molecule has 2 aromatic carbocycles. The minimum atomic E-state index is -0.605. The number of benzene rings is 2. The molecule has 13 heteroatoms. The minimum absolute atomic E-state index is 0.127. The van der Waals surface area contributed by atoms with Crippen molar-refractivity contribution in [1.29, 1.82) is 0 Å². The van der Waals surface area contributed by atoms with E-state index < -0.39 is 6.04 Å². The summed E-state index contributed by atoms with van der Waals surface area (Å²) in [5.74, 6) is 0.225. The van der Waals surface area contributed by atoms with Crippen LogP contribution < -0.4 is 20.4 Å². The first-order valence-corrected chi connectivity index (χ1v) is 19.9. The third-order valence-electron chi connectivity index (χ3n) is 12.5. The highest BCUT2D eigenvalue weighted by atomic mass is 16.2. The van der Waals surface area contributed by atoms with Crippen LogP contribution in [0.25, 0.3) is 10.9 Å². The minimum Gasteiger partial charge on any atom is -0.372 e. The molecule has 5 aliphatic rings. The number of aromatic amines is 1. The number of carbonyl (C=O) groups is 4. The van der Waals surface area contributed by atoms with Gasteiger partial charge in [-0.3, -0.25) is 34.3 Å². The second-order valence-electron chi connectivity index (χ2n) is 15.9. The van der Waals surface area contributed by atoms with Gasteiger partial charge in [0, 0.05) is 116 Å². The van der Waals surface area contributed by atoms with Gasteiger partial charge in [0.25, 0.3) is 11.8 Å². The van der Waals surface area contributed by atoms with E-state index in [2.05, 4.69) is 71.5 Å². The number of piperazine rings is 1. The predicted molar refractivity (Wildman–Crippen MR) is 211 cm³/mol. The third-order valence-corrected chi connectivity index (χ3v) is 12.5. The molecule has 55 heavy (non-hydrogen) atoms. The number of rotatable bonds is 8. The van der Waals surface area contributed by atoms with Crippen LogP contribution in [-0.2, 0) is 16.1 Å². The van der Waals surface area contributed by atoms with Crippen molar-refractivity contribution in [2.75, 3.05) is 74.5 Å². The van der Waals surface area contributed by atoms with E-state index in [1.165, 1.54) is 12.1 Å². The number of piperidine rings is 2. The molecular formula is C42H49N9O4. The summed E-state index contributed by atoms with van der Waals surface area (Å²) in [4.78, 5) is 70.2. The first-order chi connectivity index (χ1) is 26.8. The molecule has 0 saturated carbocycles. The number of hydrogen-bond acceptors (Lipinski definition) is 9. The Kier molecular flexibility index (Phi) is 9.51. The van der Waals surface area contributed by atoms with Crippen LogP contribution in [0.2, 0.25) is 0 Å². The quantitative estimate of drug-likeness (QED) is 0.225. The highest BCUT2D eigenvalue weighted by Crippen LogP contribution is 2.35. The van der Waals surface area contributed by atoms with E-state index in [4.69, 9.17) is 0 Å². The molecule has 5 aliphatic heterocycles. The number of aromatic nitrogens is 2. The van der Waals surface area contributed by atoms with E-state index in [0.717, 1.165) is 99.5 Å². The summed E-state index contributed by atoms with van der Waals surface area (Å²) < 4.78 is 0. The Morgan fingerprint density at radius 2 is 1.67 bits per heavy atom. The Bertz CT molecular complexity index is 2120. The summed E-state index contributed by atoms with van der Waals surface area (Å²) in [7, 11) is 2.16. The molecule has 2 atom stereocenters. The van der Waals surface area contributed by atoms with Crippen LogP contribution in [-0.4, -0.2) is 114 Å². The fourth-order valence-corrected chi connectivity index (χ4v) is 9.39. The Balaban J connectivity index is 0.741. The Morgan fingerprint density at radius 3 is 2.42 bits per heavy atom. The van der Waals surface area contributed by atoms with Crippen molar-refractivity contribution in [3.8, 4) is 0 Å². The van der Waals surface area contributed by atoms with Gasteiger partial charge in [-0.25, -0.2) is 4.98 Å². The van der Waals surface area contributed by atoms with Gasteiger partial charge in [0.15, 0.2) is 0 Å². The van der Waals surface area contributed by atoms with Gasteiger partial charge < -0.3 is 25.0 Å². The summed E-state index contributed by atoms with van der Waals surface area (Å²) in [6.45, 7) is 8.26. The van der Waals surface area contributed by atoms with Crippen molar-refractivity contribution in [3.63, 3.8) is 0 Å². The topological polar surface area (TPSA) is 137 Å². The van der Waals surface area contributed by atoms with Crippen molar-refractivity contribution < 1.29 is 19.2 Å². The van der Waals surface area contributed by atoms with Crippen LogP contribution >= 0.6 is 0 Å². The van der Waals surface area contributed by atoms with Crippen LogP contribution in [0.3, 0.4) is 0 Å². The van der Waals surface area contributed by atoms with Crippen molar-refractivity contribution in [2.45, 2.75) is 57.2 Å². The largest absolute Gasteiger partial charge is 0.372 e. The standard InChI is InChI=1S/C42H49N9O4/c1-47-15-3-6-36(47)34-22-29-24-43-38(23-33(29)44-34)45-40(53)28-7-9-30(10-8-28)49-16-13-27(14-17-49)25-48-18-20-50(21-19-48)35-5-2-4-31-32(35)26-51(42(31)55)37-11-12-39(52)46-41(37)54/h2,4-5,7-10,22-24,27,36-37,44H,3,6,11-21,25-26H2,1H3,(H,43,45,53)(H,46,52,54)/t36-,37?/m1/s1. The molecule has 0 radical (unpaired) electrons. The zero-order valence-electron chi connectivity index (χ0n) is 31.4. The zero-order valence-corrected chi connectivity index (χ0v) is 31.4. The van der Waals surface area contributed by atoms with Crippen LogP contribution in [0.5, 0.6) is 0 Å². The molecular weight excluding hydrogens is 695 g/mol. The number of H-pyrrole nitrogens is 1. The lowest BCUT2D eigenvalue weighted by Gasteiger charge is -2.40. The van der Waals surface area contributed by atoms with Crippen LogP contribution in [0.4, 0.5) is 17.2 Å². The normalized spacial score (nSPS) is 22.8. The summed E-state index contributed by atoms with van der Waals surface area (Å²) in [5.41, 5.74) is 6.66. The number of pyridine rings is 1. The first-order valence-electron chi connectivity index (χ1n) is 19.9. The van der Waals surface area contributed by atoms with Crippen molar-refractivity contribution in [2.24, 2.45) is 5.92 Å². The average molecular weight is 744 g/mol. The molecule has 0 bridgehead atoms. The van der Waals surface area contributed by atoms with E-state index in [0.29, 0.717) is 41.9 Å². The van der Waals surface area contributed by atoms with E-state index >= 15 is 0 Å². The van der Waals surface area contributed by atoms with Gasteiger partial charge in [-0.05, 0) is 94.1 Å². The number of likely N-dealkylation sites (tertiary alicyclic amines) is 1. The Labute approximate surface area is 321 Å². The van der Waals surface area contributed by atoms with E-state index in [-0.39, 0.29) is 30.0 Å². The number of carbonyl (C=O) groups excluding carboxylic acids is 4. The van der Waals surface area contributed by atoms with Crippen molar-refractivity contribution >= 4 is 51.7 Å². The third kappa shape index (κ3) is 7.06. The maximum atomic E-state index is 13.3. The molecule has 4 aromatic rings. The molecule has 1 unspecified atom stereocenters. The number of imide groups is 1. The van der Waals surface area contributed by atoms with Gasteiger partial charge in [0.1, 0.15) is 11.9 Å². The fourth-order valence-electron chi connectivity index (χ4n) is 9.39. The predicted octanol–water partition coefficient (Wildman–Crippen LogP) is 4.38. The second-order valence-corrected chi connectivity index (χ2v) is 15.9. The lowest BCUT2D eigenvalue weighted by atomic mass is 9.95. The smallest absolute Gasteiger partial charge is 0.256 e. The first kappa shape index (κ1) is 35.4. The highest BCUT2D eigenvalue weighted by Gasteiger charge is 2.40.